The second-order valence-corrected chi connectivity index (χ2v) is 7.59. The summed E-state index contributed by atoms with van der Waals surface area (Å²) < 4.78 is 10.7. The minimum atomic E-state index is -0.0150. The fraction of sp³-hybridized carbons (Fsp3) is 0.650. The maximum atomic E-state index is 12.8. The molecule has 0 radical (unpaired) electrons. The molecule has 1 unspecified atom stereocenters. The van der Waals surface area contributed by atoms with Crippen molar-refractivity contribution in [1.82, 2.24) is 4.90 Å². The predicted molar refractivity (Wildman–Crippen MR) is 98.5 cm³/mol. The minimum Gasteiger partial charge on any atom is -0.493 e. The molecule has 1 aromatic carbocycles. The van der Waals surface area contributed by atoms with Gasteiger partial charge < -0.3 is 14.4 Å². The predicted octanol–water partition coefficient (Wildman–Crippen LogP) is 4.66. The summed E-state index contributed by atoms with van der Waals surface area (Å²) in [5.74, 6) is 1.61. The van der Waals surface area contributed by atoms with Gasteiger partial charge in [-0.1, -0.05) is 40.2 Å². The highest BCUT2D eigenvalue weighted by Gasteiger charge is 2.25. The molecule has 0 N–H and O–H groups in total. The second-order valence-electron chi connectivity index (χ2n) is 7.59. The standard InChI is InChI=1S/C20H33NO3/c1-8-9-15(2)21(19(22)13-20(3,4)5)14-16-10-11-17(23-6)18(12-16)24-7/h10-12,15H,8-9,13-14H2,1-7H3. The summed E-state index contributed by atoms with van der Waals surface area (Å²) in [6.45, 7) is 11.2. The molecular weight excluding hydrogens is 302 g/mol. The number of hydrogen-bond donors (Lipinski definition) is 0. The van der Waals surface area contributed by atoms with Crippen LogP contribution in [0.3, 0.4) is 0 Å². The fourth-order valence-corrected chi connectivity index (χ4v) is 2.79. The van der Waals surface area contributed by atoms with Gasteiger partial charge in [0.2, 0.25) is 5.91 Å². The summed E-state index contributed by atoms with van der Waals surface area (Å²) in [7, 11) is 3.25. The normalized spacial score (nSPS) is 12.6. The maximum Gasteiger partial charge on any atom is 0.223 e. The first-order chi connectivity index (χ1) is 11.2. The van der Waals surface area contributed by atoms with E-state index >= 15 is 0 Å². The van der Waals surface area contributed by atoms with Gasteiger partial charge in [0.15, 0.2) is 11.5 Å². The van der Waals surface area contributed by atoms with E-state index in [1.165, 1.54) is 0 Å². The molecule has 0 aliphatic rings. The van der Waals surface area contributed by atoms with Crippen LogP contribution in [0.4, 0.5) is 0 Å². The zero-order valence-corrected chi connectivity index (χ0v) is 16.3. The summed E-state index contributed by atoms with van der Waals surface area (Å²) in [6.07, 6.45) is 2.61. The van der Waals surface area contributed by atoms with E-state index in [1.807, 2.05) is 23.1 Å². The molecule has 0 spiro atoms. The van der Waals surface area contributed by atoms with Crippen molar-refractivity contribution in [2.45, 2.75) is 66.5 Å². The van der Waals surface area contributed by atoms with E-state index in [-0.39, 0.29) is 17.4 Å². The number of hydrogen-bond acceptors (Lipinski definition) is 3. The first kappa shape index (κ1) is 20.3. The molecule has 1 rings (SSSR count). The molecule has 4 nitrogen and oxygen atoms in total. The Morgan fingerprint density at radius 2 is 1.79 bits per heavy atom. The van der Waals surface area contributed by atoms with Crippen molar-refractivity contribution in [1.29, 1.82) is 0 Å². The second kappa shape index (κ2) is 8.95. The molecule has 1 amide bonds. The van der Waals surface area contributed by atoms with Gasteiger partial charge in [-0.3, -0.25) is 4.79 Å². The Morgan fingerprint density at radius 3 is 2.29 bits per heavy atom. The fourth-order valence-electron chi connectivity index (χ4n) is 2.79. The van der Waals surface area contributed by atoms with E-state index in [9.17, 15) is 4.79 Å². The Morgan fingerprint density at radius 1 is 1.17 bits per heavy atom. The molecule has 0 aliphatic heterocycles. The van der Waals surface area contributed by atoms with Crippen LogP contribution >= 0.6 is 0 Å². The molecule has 1 atom stereocenters. The highest BCUT2D eigenvalue weighted by atomic mass is 16.5. The van der Waals surface area contributed by atoms with Crippen LogP contribution in [0.2, 0.25) is 0 Å². The van der Waals surface area contributed by atoms with Crippen molar-refractivity contribution in [3.63, 3.8) is 0 Å². The van der Waals surface area contributed by atoms with Crippen LogP contribution < -0.4 is 9.47 Å². The molecule has 0 aromatic heterocycles. The van der Waals surface area contributed by atoms with Crippen LogP contribution in [0.15, 0.2) is 18.2 Å². The topological polar surface area (TPSA) is 38.8 Å². The Hall–Kier alpha value is -1.71. The molecule has 4 heteroatoms. The van der Waals surface area contributed by atoms with E-state index in [4.69, 9.17) is 9.47 Å². The molecule has 1 aromatic rings. The number of carbonyl (C=O) groups excluding carboxylic acids is 1. The van der Waals surface area contributed by atoms with Gasteiger partial charge in [-0.2, -0.15) is 0 Å². The van der Waals surface area contributed by atoms with Gasteiger partial charge in [-0.05, 0) is 36.5 Å². The number of amides is 1. The van der Waals surface area contributed by atoms with E-state index in [2.05, 4.69) is 34.6 Å². The van der Waals surface area contributed by atoms with Crippen LogP contribution in [-0.4, -0.2) is 31.1 Å². The van der Waals surface area contributed by atoms with Gasteiger partial charge in [0.1, 0.15) is 0 Å². The van der Waals surface area contributed by atoms with Gasteiger partial charge in [0.25, 0.3) is 0 Å². The third-order valence-electron chi connectivity index (χ3n) is 4.04. The summed E-state index contributed by atoms with van der Waals surface area (Å²) >= 11 is 0. The van der Waals surface area contributed by atoms with Crippen molar-refractivity contribution in [3.05, 3.63) is 23.8 Å². The molecule has 0 aliphatic carbocycles. The van der Waals surface area contributed by atoms with Crippen LogP contribution in [0.25, 0.3) is 0 Å². The van der Waals surface area contributed by atoms with Crippen LogP contribution in [0.5, 0.6) is 11.5 Å². The zero-order chi connectivity index (χ0) is 18.3. The van der Waals surface area contributed by atoms with Crippen molar-refractivity contribution < 1.29 is 14.3 Å². The summed E-state index contributed by atoms with van der Waals surface area (Å²) in [4.78, 5) is 14.8. The monoisotopic (exact) mass is 335 g/mol. The zero-order valence-electron chi connectivity index (χ0n) is 16.3. The van der Waals surface area contributed by atoms with E-state index in [0.717, 1.165) is 18.4 Å². The molecular formula is C20H33NO3. The van der Waals surface area contributed by atoms with Crippen LogP contribution in [-0.2, 0) is 11.3 Å². The average Bonchev–Trinajstić information content (AvgIpc) is 2.50. The quantitative estimate of drug-likeness (QED) is 0.693. The van der Waals surface area contributed by atoms with E-state index in [0.29, 0.717) is 24.5 Å². The Balaban J connectivity index is 3.01. The first-order valence-electron chi connectivity index (χ1n) is 8.72. The van der Waals surface area contributed by atoms with Gasteiger partial charge in [0.05, 0.1) is 14.2 Å². The van der Waals surface area contributed by atoms with Crippen molar-refractivity contribution >= 4 is 5.91 Å². The lowest BCUT2D eigenvalue weighted by molar-refractivity contribution is -0.136. The minimum absolute atomic E-state index is 0.0150. The molecule has 0 saturated carbocycles. The summed E-state index contributed by atoms with van der Waals surface area (Å²) in [5, 5.41) is 0. The van der Waals surface area contributed by atoms with Crippen molar-refractivity contribution in [3.8, 4) is 11.5 Å². The third kappa shape index (κ3) is 6.06. The summed E-state index contributed by atoms with van der Waals surface area (Å²) in [5.41, 5.74) is 1.04. The Kier molecular flexibility index (Phi) is 7.59. The first-order valence-corrected chi connectivity index (χ1v) is 8.72. The largest absolute Gasteiger partial charge is 0.493 e. The maximum absolute atomic E-state index is 12.8. The van der Waals surface area contributed by atoms with Gasteiger partial charge >= 0.3 is 0 Å². The smallest absolute Gasteiger partial charge is 0.223 e. The Labute approximate surface area is 147 Å². The number of carbonyl (C=O) groups is 1. The molecule has 0 bridgehead atoms. The van der Waals surface area contributed by atoms with Gasteiger partial charge in [-0.15, -0.1) is 0 Å². The van der Waals surface area contributed by atoms with Crippen LogP contribution in [0, 0.1) is 5.41 Å². The molecule has 0 fully saturated rings. The molecule has 0 saturated heterocycles. The van der Waals surface area contributed by atoms with Gasteiger partial charge in [-0.25, -0.2) is 0 Å². The van der Waals surface area contributed by atoms with E-state index in [1.54, 1.807) is 14.2 Å². The molecule has 24 heavy (non-hydrogen) atoms. The SMILES string of the molecule is CCCC(C)N(Cc1ccc(OC)c(OC)c1)C(=O)CC(C)(C)C. The number of methoxy groups -OCH3 is 2. The lowest BCUT2D eigenvalue weighted by atomic mass is 9.91. The third-order valence-corrected chi connectivity index (χ3v) is 4.04. The number of nitrogens with zero attached hydrogens (tertiary/aromatic N) is 1. The lowest BCUT2D eigenvalue weighted by Crippen LogP contribution is -2.39. The van der Waals surface area contributed by atoms with Gasteiger partial charge in [0, 0.05) is 19.0 Å². The van der Waals surface area contributed by atoms with Crippen LogP contribution in [0.1, 0.15) is 59.4 Å². The highest BCUT2D eigenvalue weighted by Crippen LogP contribution is 2.29. The lowest BCUT2D eigenvalue weighted by Gasteiger charge is -2.32. The number of rotatable bonds is 8. The van der Waals surface area contributed by atoms with Crippen molar-refractivity contribution in [2.75, 3.05) is 14.2 Å². The highest BCUT2D eigenvalue weighted by molar-refractivity contribution is 5.77. The van der Waals surface area contributed by atoms with Crippen molar-refractivity contribution in [2.24, 2.45) is 5.41 Å². The Bertz CT molecular complexity index is 534. The number of benzene rings is 1. The average molecular weight is 335 g/mol. The molecule has 0 heterocycles. The van der Waals surface area contributed by atoms with E-state index < -0.39 is 0 Å². The molecule has 136 valence electrons. The summed E-state index contributed by atoms with van der Waals surface area (Å²) in [6, 6.07) is 6.06. The number of ether oxygens (including phenoxy) is 2.